The zero-order chi connectivity index (χ0) is 8.43. The molecule has 0 aliphatic heterocycles. The number of hydrogen-bond acceptors (Lipinski definition) is 1. The van der Waals surface area contributed by atoms with Crippen molar-refractivity contribution < 1.29 is 9.90 Å². The van der Waals surface area contributed by atoms with Crippen molar-refractivity contribution in [3.8, 4) is 0 Å². The molecule has 0 bridgehead atoms. The number of carboxylic acid groups (broad SMARTS) is 1. The predicted molar refractivity (Wildman–Crippen MR) is 41.8 cm³/mol. The molecule has 0 unspecified atom stereocenters. The van der Waals surface area contributed by atoms with E-state index in [0.717, 1.165) is 12.1 Å². The van der Waals surface area contributed by atoms with Gasteiger partial charge in [-0.25, -0.2) is 4.79 Å². The van der Waals surface area contributed by atoms with Gasteiger partial charge >= 0.3 is 5.97 Å². The number of aromatic nitrogens is 1. The number of nitrogens with zero attached hydrogens (tertiary/aromatic N) is 1. The number of carbonyl (C=O) groups is 1. The molecule has 11 heavy (non-hydrogen) atoms. The van der Waals surface area contributed by atoms with Crippen molar-refractivity contribution in [3.63, 3.8) is 0 Å². The molecule has 0 aliphatic carbocycles. The molecule has 3 heteroatoms. The summed E-state index contributed by atoms with van der Waals surface area (Å²) in [5, 5.41) is 8.60. The van der Waals surface area contributed by atoms with Crippen molar-refractivity contribution >= 4 is 5.97 Å². The van der Waals surface area contributed by atoms with Crippen LogP contribution in [0.4, 0.5) is 0 Å². The minimum absolute atomic E-state index is 0.365. The molecule has 0 radical (unpaired) electrons. The Morgan fingerprint density at radius 2 is 2.36 bits per heavy atom. The molecule has 0 aliphatic rings. The molecule has 1 aromatic rings. The largest absolute Gasteiger partial charge is 0.478 e. The van der Waals surface area contributed by atoms with E-state index in [1.165, 1.54) is 0 Å². The number of hydrogen-bond donors (Lipinski definition) is 1. The Morgan fingerprint density at radius 3 is 2.64 bits per heavy atom. The van der Waals surface area contributed by atoms with Crippen LogP contribution in [0.1, 0.15) is 23.0 Å². The Hall–Kier alpha value is -1.25. The van der Waals surface area contributed by atoms with Gasteiger partial charge in [0.05, 0.1) is 5.56 Å². The standard InChI is InChI=1S/C8H11NO2/c1-3-7-4-6(8(10)11)5-9(7)2/h4-5H,3H2,1-2H3,(H,10,11). The summed E-state index contributed by atoms with van der Waals surface area (Å²) in [5.74, 6) is -0.861. The Labute approximate surface area is 65.3 Å². The van der Waals surface area contributed by atoms with Gasteiger partial charge in [0.2, 0.25) is 0 Å². The van der Waals surface area contributed by atoms with Crippen LogP contribution in [-0.2, 0) is 13.5 Å². The summed E-state index contributed by atoms with van der Waals surface area (Å²) in [6.45, 7) is 2.00. The van der Waals surface area contributed by atoms with E-state index in [1.807, 2.05) is 18.5 Å². The topological polar surface area (TPSA) is 42.2 Å². The van der Waals surface area contributed by atoms with Crippen molar-refractivity contribution in [2.75, 3.05) is 0 Å². The van der Waals surface area contributed by atoms with Crippen LogP contribution in [0.5, 0.6) is 0 Å². The van der Waals surface area contributed by atoms with Crippen LogP contribution in [0.25, 0.3) is 0 Å². The Morgan fingerprint density at radius 1 is 1.73 bits per heavy atom. The highest BCUT2D eigenvalue weighted by molar-refractivity contribution is 5.87. The molecule has 0 saturated heterocycles. The third-order valence-corrected chi connectivity index (χ3v) is 1.72. The van der Waals surface area contributed by atoms with E-state index < -0.39 is 5.97 Å². The van der Waals surface area contributed by atoms with E-state index in [9.17, 15) is 4.79 Å². The SMILES string of the molecule is CCc1cc(C(=O)O)cn1C. The molecule has 0 atom stereocenters. The van der Waals surface area contributed by atoms with Crippen LogP contribution in [-0.4, -0.2) is 15.6 Å². The molecule has 0 fully saturated rings. The van der Waals surface area contributed by atoms with Crippen molar-refractivity contribution in [2.24, 2.45) is 7.05 Å². The van der Waals surface area contributed by atoms with Gasteiger partial charge in [-0.05, 0) is 12.5 Å². The summed E-state index contributed by atoms with van der Waals surface area (Å²) in [6, 6.07) is 1.70. The average Bonchev–Trinajstić information content (AvgIpc) is 2.31. The van der Waals surface area contributed by atoms with Crippen LogP contribution >= 0.6 is 0 Å². The number of carboxylic acids is 1. The first-order valence-corrected chi connectivity index (χ1v) is 3.53. The minimum Gasteiger partial charge on any atom is -0.478 e. The number of aromatic carboxylic acids is 1. The second kappa shape index (κ2) is 2.78. The third-order valence-electron chi connectivity index (χ3n) is 1.72. The minimum atomic E-state index is -0.861. The lowest BCUT2D eigenvalue weighted by Gasteiger charge is -1.94. The fraction of sp³-hybridized carbons (Fsp3) is 0.375. The molecule has 0 saturated carbocycles. The molecule has 1 heterocycles. The fourth-order valence-corrected chi connectivity index (χ4v) is 1.08. The highest BCUT2D eigenvalue weighted by atomic mass is 16.4. The number of aryl methyl sites for hydroxylation is 2. The van der Waals surface area contributed by atoms with Crippen molar-refractivity contribution in [1.82, 2.24) is 4.57 Å². The lowest BCUT2D eigenvalue weighted by Crippen LogP contribution is -1.93. The summed E-state index contributed by atoms with van der Waals surface area (Å²) in [5.41, 5.74) is 1.41. The molecule has 1 N–H and O–H groups in total. The van der Waals surface area contributed by atoms with Crippen LogP contribution in [0.15, 0.2) is 12.3 Å². The molecule has 0 aromatic carbocycles. The fourth-order valence-electron chi connectivity index (χ4n) is 1.08. The maximum absolute atomic E-state index is 10.5. The first-order chi connectivity index (χ1) is 5.15. The van der Waals surface area contributed by atoms with Crippen LogP contribution < -0.4 is 0 Å². The highest BCUT2D eigenvalue weighted by Gasteiger charge is 2.06. The molecule has 1 aromatic heterocycles. The lowest BCUT2D eigenvalue weighted by atomic mass is 10.3. The van der Waals surface area contributed by atoms with E-state index in [-0.39, 0.29) is 0 Å². The van der Waals surface area contributed by atoms with Gasteiger partial charge in [-0.15, -0.1) is 0 Å². The highest BCUT2D eigenvalue weighted by Crippen LogP contribution is 2.07. The van der Waals surface area contributed by atoms with Crippen molar-refractivity contribution in [1.29, 1.82) is 0 Å². The molecule has 1 rings (SSSR count). The molecule has 3 nitrogen and oxygen atoms in total. The van der Waals surface area contributed by atoms with E-state index in [1.54, 1.807) is 12.3 Å². The molecular weight excluding hydrogens is 142 g/mol. The normalized spacial score (nSPS) is 10.0. The quantitative estimate of drug-likeness (QED) is 0.695. The maximum atomic E-state index is 10.5. The average molecular weight is 153 g/mol. The van der Waals surface area contributed by atoms with Crippen LogP contribution in [0.3, 0.4) is 0 Å². The van der Waals surface area contributed by atoms with Crippen LogP contribution in [0.2, 0.25) is 0 Å². The van der Waals surface area contributed by atoms with Gasteiger partial charge in [-0.1, -0.05) is 6.92 Å². The third kappa shape index (κ3) is 1.42. The van der Waals surface area contributed by atoms with Gasteiger partial charge in [-0.3, -0.25) is 0 Å². The number of rotatable bonds is 2. The Kier molecular flexibility index (Phi) is 1.98. The first kappa shape index (κ1) is 7.85. The van der Waals surface area contributed by atoms with Gasteiger partial charge in [-0.2, -0.15) is 0 Å². The first-order valence-electron chi connectivity index (χ1n) is 3.53. The van der Waals surface area contributed by atoms with E-state index >= 15 is 0 Å². The van der Waals surface area contributed by atoms with E-state index in [0.29, 0.717) is 5.56 Å². The maximum Gasteiger partial charge on any atom is 0.337 e. The van der Waals surface area contributed by atoms with Gasteiger partial charge in [0.1, 0.15) is 0 Å². The van der Waals surface area contributed by atoms with E-state index in [4.69, 9.17) is 5.11 Å². The molecule has 60 valence electrons. The lowest BCUT2D eigenvalue weighted by molar-refractivity contribution is 0.0697. The summed E-state index contributed by atoms with van der Waals surface area (Å²) in [6.07, 6.45) is 2.49. The summed E-state index contributed by atoms with van der Waals surface area (Å²) in [4.78, 5) is 10.5. The predicted octanol–water partition coefficient (Wildman–Crippen LogP) is 1.29. The summed E-state index contributed by atoms with van der Waals surface area (Å²) in [7, 11) is 1.85. The van der Waals surface area contributed by atoms with Crippen molar-refractivity contribution in [3.05, 3.63) is 23.5 Å². The monoisotopic (exact) mass is 153 g/mol. The molecular formula is C8H11NO2. The second-order valence-corrected chi connectivity index (χ2v) is 2.49. The van der Waals surface area contributed by atoms with Crippen molar-refractivity contribution in [2.45, 2.75) is 13.3 Å². The molecule has 0 amide bonds. The Bertz CT molecular complexity index is 276. The van der Waals surface area contributed by atoms with Gasteiger partial charge in [0.15, 0.2) is 0 Å². The second-order valence-electron chi connectivity index (χ2n) is 2.49. The zero-order valence-electron chi connectivity index (χ0n) is 6.66. The smallest absolute Gasteiger partial charge is 0.337 e. The van der Waals surface area contributed by atoms with Gasteiger partial charge < -0.3 is 9.67 Å². The zero-order valence-corrected chi connectivity index (χ0v) is 6.66. The van der Waals surface area contributed by atoms with Gasteiger partial charge in [0, 0.05) is 18.9 Å². The molecule has 0 spiro atoms. The van der Waals surface area contributed by atoms with Gasteiger partial charge in [0.25, 0.3) is 0 Å². The van der Waals surface area contributed by atoms with Crippen LogP contribution in [0, 0.1) is 0 Å². The van der Waals surface area contributed by atoms with E-state index in [2.05, 4.69) is 0 Å². The summed E-state index contributed by atoms with van der Waals surface area (Å²) >= 11 is 0. The summed E-state index contributed by atoms with van der Waals surface area (Å²) < 4.78 is 1.84. The Balaban J connectivity index is 3.05.